The van der Waals surface area contributed by atoms with Crippen LogP contribution in [0.4, 0.5) is 5.82 Å². The van der Waals surface area contributed by atoms with E-state index < -0.39 is 0 Å². The van der Waals surface area contributed by atoms with Gasteiger partial charge in [-0.05, 0) is 59.5 Å². The van der Waals surface area contributed by atoms with Crippen molar-refractivity contribution in [1.82, 2.24) is 9.97 Å². The fourth-order valence-corrected chi connectivity index (χ4v) is 2.24. The molecule has 0 spiro atoms. The predicted molar refractivity (Wildman–Crippen MR) is 91.8 cm³/mol. The number of hydrogen-bond donors (Lipinski definition) is 1. The maximum Gasteiger partial charge on any atom is 0.225 e. The van der Waals surface area contributed by atoms with Gasteiger partial charge < -0.3 is 10.1 Å². The Labute approximate surface area is 136 Å². The first-order valence-corrected chi connectivity index (χ1v) is 8.62. The molecule has 0 aliphatic carbocycles. The third-order valence-corrected chi connectivity index (χ3v) is 3.72. The van der Waals surface area contributed by atoms with Crippen LogP contribution in [0.25, 0.3) is 0 Å². The quantitative estimate of drug-likeness (QED) is 0.441. The van der Waals surface area contributed by atoms with Gasteiger partial charge >= 0.3 is 0 Å². The average molecular weight is 401 g/mol. The van der Waals surface area contributed by atoms with Crippen molar-refractivity contribution in [3.05, 3.63) is 33.9 Å². The monoisotopic (exact) mass is 401 g/mol. The minimum Gasteiger partial charge on any atom is -0.439 e. The van der Waals surface area contributed by atoms with E-state index >= 15 is 0 Å². The van der Waals surface area contributed by atoms with E-state index in [1.54, 1.807) is 0 Å². The van der Waals surface area contributed by atoms with E-state index in [9.17, 15) is 0 Å². The van der Waals surface area contributed by atoms with E-state index in [1.165, 1.54) is 15.3 Å². The van der Waals surface area contributed by atoms with Crippen LogP contribution in [0, 0.1) is 3.57 Å². The summed E-state index contributed by atoms with van der Waals surface area (Å²) >= 11 is 3.76. The minimum atomic E-state index is 0.559. The van der Waals surface area contributed by atoms with Gasteiger partial charge in [-0.15, -0.1) is 0 Å². The molecule has 0 unspecified atom stereocenters. The van der Waals surface area contributed by atoms with E-state index in [2.05, 4.69) is 44.8 Å². The van der Waals surface area contributed by atoms with Crippen LogP contribution in [0.5, 0.6) is 11.6 Å². The molecule has 0 saturated carbocycles. The largest absolute Gasteiger partial charge is 0.439 e. The Hall–Kier alpha value is -1.02. The van der Waals surface area contributed by atoms with E-state index in [0.29, 0.717) is 11.0 Å². The van der Waals surface area contributed by atoms with Crippen LogP contribution >= 0.6 is 34.4 Å². The summed E-state index contributed by atoms with van der Waals surface area (Å²) in [5, 5.41) is 3.96. The molecular formula is C14H16IN3OS. The molecule has 4 nitrogen and oxygen atoms in total. The first-order valence-electron chi connectivity index (χ1n) is 6.31. The van der Waals surface area contributed by atoms with Gasteiger partial charge in [0.2, 0.25) is 5.88 Å². The maximum absolute atomic E-state index is 5.79. The van der Waals surface area contributed by atoms with Gasteiger partial charge in [0.1, 0.15) is 11.6 Å². The molecule has 0 amide bonds. The third-order valence-electron chi connectivity index (χ3n) is 2.46. The van der Waals surface area contributed by atoms with Crippen molar-refractivity contribution in [2.24, 2.45) is 0 Å². The van der Waals surface area contributed by atoms with Gasteiger partial charge in [-0.3, -0.25) is 0 Å². The van der Waals surface area contributed by atoms with Gasteiger partial charge in [-0.25, -0.2) is 4.98 Å². The standard InChI is InChI=1S/C14H16IN3OS/c1-3-8-16-12-9-13(18-14(17-12)20-2)19-11-6-4-10(15)5-7-11/h4-7,9H,3,8H2,1-2H3,(H,16,17,18). The van der Waals surface area contributed by atoms with E-state index in [-0.39, 0.29) is 0 Å². The van der Waals surface area contributed by atoms with Crippen molar-refractivity contribution in [2.45, 2.75) is 18.5 Å². The summed E-state index contributed by atoms with van der Waals surface area (Å²) in [6.07, 6.45) is 3.00. The van der Waals surface area contributed by atoms with Crippen LogP contribution in [0.3, 0.4) is 0 Å². The van der Waals surface area contributed by atoms with E-state index in [0.717, 1.165) is 24.5 Å². The molecule has 20 heavy (non-hydrogen) atoms. The second kappa shape index (κ2) is 7.68. The molecule has 6 heteroatoms. The van der Waals surface area contributed by atoms with Crippen molar-refractivity contribution in [1.29, 1.82) is 0 Å². The minimum absolute atomic E-state index is 0.559. The summed E-state index contributed by atoms with van der Waals surface area (Å²) in [7, 11) is 0. The van der Waals surface area contributed by atoms with Crippen molar-refractivity contribution >= 4 is 40.2 Å². The van der Waals surface area contributed by atoms with Crippen LogP contribution in [0.1, 0.15) is 13.3 Å². The molecule has 0 saturated heterocycles. The van der Waals surface area contributed by atoms with Crippen LogP contribution < -0.4 is 10.1 Å². The first-order chi connectivity index (χ1) is 9.71. The Morgan fingerprint density at radius 1 is 1.25 bits per heavy atom. The van der Waals surface area contributed by atoms with Gasteiger partial charge in [0.15, 0.2) is 5.16 Å². The number of halogens is 1. The lowest BCUT2D eigenvalue weighted by Gasteiger charge is -2.09. The normalized spacial score (nSPS) is 10.3. The average Bonchev–Trinajstić information content (AvgIpc) is 2.47. The third kappa shape index (κ3) is 4.52. The number of nitrogens with one attached hydrogen (secondary N) is 1. The molecule has 106 valence electrons. The van der Waals surface area contributed by atoms with Crippen LogP contribution in [0.15, 0.2) is 35.5 Å². The fourth-order valence-electron chi connectivity index (χ4n) is 1.51. The lowest BCUT2D eigenvalue weighted by Crippen LogP contribution is -2.04. The molecule has 0 atom stereocenters. The van der Waals surface area contributed by atoms with Gasteiger partial charge in [-0.2, -0.15) is 4.98 Å². The second-order valence-corrected chi connectivity index (χ2v) is 6.08. The molecule has 0 aliphatic heterocycles. The zero-order chi connectivity index (χ0) is 14.4. The zero-order valence-electron chi connectivity index (χ0n) is 11.4. The summed E-state index contributed by atoms with van der Waals surface area (Å²) in [5.74, 6) is 2.13. The molecule has 0 aliphatic rings. The molecule has 0 radical (unpaired) electrons. The number of nitrogens with zero attached hydrogens (tertiary/aromatic N) is 2. The summed E-state index contributed by atoms with van der Waals surface area (Å²) in [4.78, 5) is 8.77. The predicted octanol–water partition coefficient (Wildman–Crippen LogP) is 4.42. The Morgan fingerprint density at radius 2 is 2.00 bits per heavy atom. The van der Waals surface area contributed by atoms with Gasteiger partial charge in [0.25, 0.3) is 0 Å². The highest BCUT2D eigenvalue weighted by atomic mass is 127. The number of ether oxygens (including phenoxy) is 1. The summed E-state index contributed by atoms with van der Waals surface area (Å²) in [6.45, 7) is 3.00. The Bertz CT molecular complexity index is 563. The molecule has 1 heterocycles. The van der Waals surface area contributed by atoms with Crippen molar-refractivity contribution in [3.8, 4) is 11.6 Å². The second-order valence-electron chi connectivity index (χ2n) is 4.06. The number of aromatic nitrogens is 2. The smallest absolute Gasteiger partial charge is 0.225 e. The highest BCUT2D eigenvalue weighted by molar-refractivity contribution is 14.1. The molecule has 1 aromatic heterocycles. The topological polar surface area (TPSA) is 47.0 Å². The number of anilines is 1. The summed E-state index contributed by atoms with van der Waals surface area (Å²) < 4.78 is 6.96. The van der Waals surface area contributed by atoms with Gasteiger partial charge in [0, 0.05) is 16.2 Å². The molecule has 1 N–H and O–H groups in total. The van der Waals surface area contributed by atoms with Gasteiger partial charge in [-0.1, -0.05) is 18.7 Å². The molecule has 1 aromatic carbocycles. The van der Waals surface area contributed by atoms with Crippen molar-refractivity contribution in [3.63, 3.8) is 0 Å². The SMILES string of the molecule is CCCNc1cc(Oc2ccc(I)cc2)nc(SC)n1. The van der Waals surface area contributed by atoms with Crippen LogP contribution in [-0.2, 0) is 0 Å². The molecule has 2 rings (SSSR count). The number of thioether (sulfide) groups is 1. The molecule has 0 bridgehead atoms. The van der Waals surface area contributed by atoms with E-state index in [4.69, 9.17) is 4.74 Å². The Balaban J connectivity index is 2.19. The van der Waals surface area contributed by atoms with Crippen LogP contribution in [-0.4, -0.2) is 22.8 Å². The zero-order valence-corrected chi connectivity index (χ0v) is 14.4. The van der Waals surface area contributed by atoms with Crippen molar-refractivity contribution < 1.29 is 4.74 Å². The van der Waals surface area contributed by atoms with Gasteiger partial charge in [0.05, 0.1) is 0 Å². The Kier molecular flexibility index (Phi) is 5.90. The highest BCUT2D eigenvalue weighted by Gasteiger charge is 2.06. The lowest BCUT2D eigenvalue weighted by atomic mass is 10.3. The number of hydrogen-bond acceptors (Lipinski definition) is 5. The number of benzene rings is 1. The first kappa shape index (κ1) is 15.4. The summed E-state index contributed by atoms with van der Waals surface area (Å²) in [6, 6.07) is 9.70. The maximum atomic E-state index is 5.79. The van der Waals surface area contributed by atoms with E-state index in [1.807, 2.05) is 36.6 Å². The number of rotatable bonds is 6. The van der Waals surface area contributed by atoms with Crippen molar-refractivity contribution in [2.75, 3.05) is 18.1 Å². The molecule has 2 aromatic rings. The highest BCUT2D eigenvalue weighted by Crippen LogP contribution is 2.24. The van der Waals surface area contributed by atoms with Crippen LogP contribution in [0.2, 0.25) is 0 Å². The fraction of sp³-hybridized carbons (Fsp3) is 0.286. The lowest BCUT2D eigenvalue weighted by molar-refractivity contribution is 0.456. The molecule has 0 fully saturated rings. The summed E-state index contributed by atoms with van der Waals surface area (Å²) in [5.41, 5.74) is 0. The Morgan fingerprint density at radius 3 is 2.65 bits per heavy atom. The molecular weight excluding hydrogens is 385 g/mol.